The van der Waals surface area contributed by atoms with Crippen LogP contribution in [0.3, 0.4) is 0 Å². The molecule has 0 bridgehead atoms. The highest BCUT2D eigenvalue weighted by Gasteiger charge is 2.28. The van der Waals surface area contributed by atoms with Gasteiger partial charge >= 0.3 is 6.09 Å². The summed E-state index contributed by atoms with van der Waals surface area (Å²) in [6.45, 7) is 0.0382. The predicted octanol–water partition coefficient (Wildman–Crippen LogP) is -0.617. The number of aliphatic hydroxyl groups excluding tert-OH is 1. The SMILES string of the molecule is O=C1NCC(C(O)F)O1. The van der Waals surface area contributed by atoms with Crippen LogP contribution in [0.5, 0.6) is 0 Å². The fraction of sp³-hybridized carbons (Fsp3) is 0.750. The zero-order valence-corrected chi connectivity index (χ0v) is 4.50. The number of nitrogens with one attached hydrogen (secondary N) is 1. The smallest absolute Gasteiger partial charge is 0.407 e. The molecule has 0 radical (unpaired) electrons. The summed E-state index contributed by atoms with van der Waals surface area (Å²) in [4.78, 5) is 10.1. The fourth-order valence-electron chi connectivity index (χ4n) is 0.558. The summed E-state index contributed by atoms with van der Waals surface area (Å²) in [5.41, 5.74) is 0. The van der Waals surface area contributed by atoms with Crippen molar-refractivity contribution in [2.45, 2.75) is 12.5 Å². The van der Waals surface area contributed by atoms with Crippen molar-refractivity contribution in [2.75, 3.05) is 6.54 Å². The van der Waals surface area contributed by atoms with Crippen molar-refractivity contribution in [1.29, 1.82) is 0 Å². The Morgan fingerprint density at radius 2 is 2.67 bits per heavy atom. The third-order valence-electron chi connectivity index (χ3n) is 1.01. The van der Waals surface area contributed by atoms with E-state index in [-0.39, 0.29) is 6.54 Å². The number of halogens is 1. The summed E-state index contributed by atoms with van der Waals surface area (Å²) >= 11 is 0. The number of alkyl carbamates (subject to hydrolysis) is 1. The minimum Gasteiger partial charge on any atom is -0.439 e. The van der Waals surface area contributed by atoms with Crippen molar-refractivity contribution in [3.63, 3.8) is 0 Å². The molecule has 0 aliphatic carbocycles. The van der Waals surface area contributed by atoms with Gasteiger partial charge < -0.3 is 15.2 Å². The Bertz CT molecular complexity index is 127. The summed E-state index contributed by atoms with van der Waals surface area (Å²) in [6.07, 6.45) is -3.79. The van der Waals surface area contributed by atoms with Crippen molar-refractivity contribution in [1.82, 2.24) is 5.32 Å². The van der Waals surface area contributed by atoms with E-state index in [0.717, 1.165) is 0 Å². The summed E-state index contributed by atoms with van der Waals surface area (Å²) in [5.74, 6) is 0. The maximum atomic E-state index is 11.8. The molecule has 1 aliphatic rings. The molecule has 9 heavy (non-hydrogen) atoms. The zero-order valence-electron chi connectivity index (χ0n) is 4.50. The van der Waals surface area contributed by atoms with Gasteiger partial charge in [-0.1, -0.05) is 0 Å². The van der Waals surface area contributed by atoms with E-state index in [4.69, 9.17) is 5.11 Å². The first-order valence-corrected chi connectivity index (χ1v) is 2.47. The largest absolute Gasteiger partial charge is 0.439 e. The van der Waals surface area contributed by atoms with E-state index in [1.54, 1.807) is 0 Å². The second kappa shape index (κ2) is 2.18. The Balaban J connectivity index is 2.39. The van der Waals surface area contributed by atoms with Crippen molar-refractivity contribution in [2.24, 2.45) is 0 Å². The molecule has 2 N–H and O–H groups in total. The number of hydrogen-bond donors (Lipinski definition) is 2. The Morgan fingerprint density at radius 1 is 2.00 bits per heavy atom. The number of alkyl halides is 1. The van der Waals surface area contributed by atoms with Crippen LogP contribution >= 0.6 is 0 Å². The van der Waals surface area contributed by atoms with Crippen LogP contribution in [0.25, 0.3) is 0 Å². The Kier molecular flexibility index (Phi) is 1.52. The van der Waals surface area contributed by atoms with Gasteiger partial charge in [-0.2, -0.15) is 0 Å². The predicted molar refractivity (Wildman–Crippen MR) is 25.4 cm³/mol. The molecule has 52 valence electrons. The number of carbonyl (C=O) groups is 1. The standard InChI is InChI=1S/C4H6FNO3/c5-3(7)2-1-6-4(8)9-2/h2-3,7H,1H2,(H,6,8). The number of hydrogen-bond acceptors (Lipinski definition) is 3. The number of aliphatic hydroxyl groups is 1. The topological polar surface area (TPSA) is 58.6 Å². The van der Waals surface area contributed by atoms with E-state index < -0.39 is 18.6 Å². The Labute approximate surface area is 50.6 Å². The second-order valence-corrected chi connectivity index (χ2v) is 1.70. The summed E-state index contributed by atoms with van der Waals surface area (Å²) in [6, 6.07) is 0. The molecule has 1 saturated heterocycles. The number of ether oxygens (including phenoxy) is 1. The molecule has 4 nitrogen and oxygen atoms in total. The minimum absolute atomic E-state index is 0.0382. The third-order valence-corrected chi connectivity index (χ3v) is 1.01. The average molecular weight is 135 g/mol. The average Bonchev–Trinajstić information content (AvgIpc) is 2.14. The summed E-state index contributed by atoms with van der Waals surface area (Å²) < 4.78 is 16.1. The molecule has 1 fully saturated rings. The van der Waals surface area contributed by atoms with Gasteiger partial charge in [0.25, 0.3) is 0 Å². The first-order valence-electron chi connectivity index (χ1n) is 2.47. The Morgan fingerprint density at radius 3 is 2.89 bits per heavy atom. The van der Waals surface area contributed by atoms with E-state index in [2.05, 4.69) is 10.1 Å². The van der Waals surface area contributed by atoms with E-state index in [1.807, 2.05) is 0 Å². The van der Waals surface area contributed by atoms with Gasteiger partial charge in [0.05, 0.1) is 6.54 Å². The summed E-state index contributed by atoms with van der Waals surface area (Å²) in [5, 5.41) is 10.4. The van der Waals surface area contributed by atoms with Gasteiger partial charge in [-0.15, -0.1) is 0 Å². The lowest BCUT2D eigenvalue weighted by Gasteiger charge is -2.05. The van der Waals surface area contributed by atoms with Gasteiger partial charge in [-0.05, 0) is 0 Å². The molecule has 1 heterocycles. The van der Waals surface area contributed by atoms with Crippen LogP contribution in [0.15, 0.2) is 0 Å². The van der Waals surface area contributed by atoms with Crippen LogP contribution in [0, 0.1) is 0 Å². The van der Waals surface area contributed by atoms with Gasteiger partial charge in [0.15, 0.2) is 6.10 Å². The highest BCUT2D eigenvalue weighted by molar-refractivity contribution is 5.69. The maximum Gasteiger partial charge on any atom is 0.407 e. The molecule has 2 unspecified atom stereocenters. The monoisotopic (exact) mass is 135 g/mol. The number of rotatable bonds is 1. The normalized spacial score (nSPS) is 29.1. The van der Waals surface area contributed by atoms with E-state index in [1.165, 1.54) is 0 Å². The van der Waals surface area contributed by atoms with E-state index >= 15 is 0 Å². The van der Waals surface area contributed by atoms with Crippen LogP contribution < -0.4 is 5.32 Å². The molecule has 2 atom stereocenters. The highest BCUT2D eigenvalue weighted by atomic mass is 19.1. The first kappa shape index (κ1) is 6.28. The van der Waals surface area contributed by atoms with Crippen molar-refractivity contribution >= 4 is 6.09 Å². The minimum atomic E-state index is -2.08. The van der Waals surface area contributed by atoms with Crippen LogP contribution in [0.2, 0.25) is 0 Å². The molecule has 5 heteroatoms. The molecule has 0 aromatic heterocycles. The molecule has 0 aromatic rings. The molecule has 1 amide bonds. The van der Waals surface area contributed by atoms with Gasteiger partial charge in [0.1, 0.15) is 0 Å². The maximum absolute atomic E-state index is 11.8. The second-order valence-electron chi connectivity index (χ2n) is 1.70. The van der Waals surface area contributed by atoms with Crippen molar-refractivity contribution in [3.05, 3.63) is 0 Å². The van der Waals surface area contributed by atoms with Gasteiger partial charge in [-0.25, -0.2) is 9.18 Å². The molecular weight excluding hydrogens is 129 g/mol. The van der Waals surface area contributed by atoms with Crippen LogP contribution in [-0.4, -0.2) is 30.2 Å². The molecule has 0 aromatic carbocycles. The molecule has 1 rings (SSSR count). The van der Waals surface area contributed by atoms with Crippen LogP contribution in [0.4, 0.5) is 9.18 Å². The number of carbonyl (C=O) groups excluding carboxylic acids is 1. The highest BCUT2D eigenvalue weighted by Crippen LogP contribution is 2.05. The van der Waals surface area contributed by atoms with Crippen LogP contribution in [0.1, 0.15) is 0 Å². The lowest BCUT2D eigenvalue weighted by Crippen LogP contribution is -2.25. The third kappa shape index (κ3) is 1.29. The molecule has 0 spiro atoms. The lowest BCUT2D eigenvalue weighted by molar-refractivity contribution is -0.0504. The van der Waals surface area contributed by atoms with E-state index in [0.29, 0.717) is 0 Å². The van der Waals surface area contributed by atoms with E-state index in [9.17, 15) is 9.18 Å². The lowest BCUT2D eigenvalue weighted by atomic mass is 10.4. The fourth-order valence-corrected chi connectivity index (χ4v) is 0.558. The zero-order chi connectivity index (χ0) is 6.85. The quantitative estimate of drug-likeness (QED) is 0.504. The van der Waals surface area contributed by atoms with Gasteiger partial charge in [0.2, 0.25) is 6.36 Å². The van der Waals surface area contributed by atoms with Crippen LogP contribution in [-0.2, 0) is 4.74 Å². The molecule has 0 saturated carbocycles. The molecule has 1 aliphatic heterocycles. The van der Waals surface area contributed by atoms with Gasteiger partial charge in [0, 0.05) is 0 Å². The summed E-state index contributed by atoms with van der Waals surface area (Å²) in [7, 11) is 0. The Hall–Kier alpha value is -0.840. The molecular formula is C4H6FNO3. The van der Waals surface area contributed by atoms with Crippen molar-refractivity contribution in [3.8, 4) is 0 Å². The number of cyclic esters (lactones) is 1. The first-order chi connectivity index (χ1) is 4.20. The van der Waals surface area contributed by atoms with Crippen molar-refractivity contribution < 1.29 is 19.0 Å². The van der Waals surface area contributed by atoms with Gasteiger partial charge in [-0.3, -0.25) is 0 Å². The number of amides is 1.